The van der Waals surface area contributed by atoms with Crippen LogP contribution in [0.25, 0.3) is 0 Å². The lowest BCUT2D eigenvalue weighted by atomic mass is 9.92. The molecule has 0 bridgehead atoms. The van der Waals surface area contributed by atoms with Crippen LogP contribution in [0.4, 0.5) is 0 Å². The maximum Gasteiger partial charge on any atom is 0.314 e. The summed E-state index contributed by atoms with van der Waals surface area (Å²) in [6.45, 7) is 7.62. The summed E-state index contributed by atoms with van der Waals surface area (Å²) in [5, 5.41) is 4.05. The minimum absolute atomic E-state index is 0.0346. The van der Waals surface area contributed by atoms with Crippen molar-refractivity contribution in [1.82, 2.24) is 5.43 Å². The molecule has 1 aromatic rings. The molecule has 0 aromatic heterocycles. The number of amides is 1. The van der Waals surface area contributed by atoms with E-state index < -0.39 is 5.92 Å². The Balaban J connectivity index is 2.79. The molecule has 1 atom stereocenters. The number of nitrogens with one attached hydrogen (secondary N) is 1. The number of ether oxygens (including phenoxy) is 1. The molecule has 0 aliphatic rings. The zero-order chi connectivity index (χ0) is 16.7. The number of benzene rings is 1. The molecule has 6 heteroatoms. The summed E-state index contributed by atoms with van der Waals surface area (Å²) in [6.07, 6.45) is 0. The van der Waals surface area contributed by atoms with E-state index >= 15 is 0 Å². The van der Waals surface area contributed by atoms with Crippen LogP contribution >= 0.6 is 15.9 Å². The highest BCUT2D eigenvalue weighted by Gasteiger charge is 2.26. The molecule has 0 aliphatic carbocycles. The third-order valence-corrected chi connectivity index (χ3v) is 3.63. The van der Waals surface area contributed by atoms with Crippen molar-refractivity contribution >= 4 is 33.5 Å². The first kappa shape index (κ1) is 18.4. The molecule has 0 saturated carbocycles. The SMILES string of the molecule is CCOC(=O)[C@@H](/C(C)=N\NC(=O)c1ccc(Br)cc1)C(C)C. The molecule has 22 heavy (non-hydrogen) atoms. The Morgan fingerprint density at radius 3 is 2.36 bits per heavy atom. The van der Waals surface area contributed by atoms with Gasteiger partial charge in [-0.05, 0) is 44.0 Å². The van der Waals surface area contributed by atoms with Crippen LogP contribution in [0, 0.1) is 11.8 Å². The normalized spacial score (nSPS) is 12.9. The smallest absolute Gasteiger partial charge is 0.314 e. The van der Waals surface area contributed by atoms with Gasteiger partial charge in [-0.1, -0.05) is 29.8 Å². The Bertz CT molecular complexity index is 553. The highest BCUT2D eigenvalue weighted by Crippen LogP contribution is 2.15. The number of carbonyl (C=O) groups is 2. The van der Waals surface area contributed by atoms with Crippen molar-refractivity contribution in [3.8, 4) is 0 Å². The summed E-state index contributed by atoms with van der Waals surface area (Å²) in [7, 11) is 0. The van der Waals surface area contributed by atoms with Gasteiger partial charge in [0.05, 0.1) is 12.5 Å². The Labute approximate surface area is 139 Å². The first-order valence-electron chi connectivity index (χ1n) is 7.13. The van der Waals surface area contributed by atoms with Crippen LogP contribution < -0.4 is 5.43 Å². The van der Waals surface area contributed by atoms with E-state index in [1.807, 2.05) is 13.8 Å². The van der Waals surface area contributed by atoms with E-state index in [1.165, 1.54) is 0 Å². The van der Waals surface area contributed by atoms with Gasteiger partial charge in [-0.25, -0.2) is 5.43 Å². The number of hydrogen-bond acceptors (Lipinski definition) is 4. The summed E-state index contributed by atoms with van der Waals surface area (Å²) in [6, 6.07) is 6.94. The second-order valence-electron chi connectivity index (χ2n) is 5.17. The van der Waals surface area contributed by atoms with Gasteiger partial charge in [0, 0.05) is 15.7 Å². The van der Waals surface area contributed by atoms with Gasteiger partial charge in [-0.15, -0.1) is 0 Å². The average Bonchev–Trinajstić information content (AvgIpc) is 2.45. The van der Waals surface area contributed by atoms with E-state index in [4.69, 9.17) is 4.74 Å². The van der Waals surface area contributed by atoms with Crippen LogP contribution in [0.1, 0.15) is 38.1 Å². The zero-order valence-electron chi connectivity index (χ0n) is 13.2. The lowest BCUT2D eigenvalue weighted by molar-refractivity contribution is -0.146. The minimum Gasteiger partial charge on any atom is -0.465 e. The summed E-state index contributed by atoms with van der Waals surface area (Å²) in [5.74, 6) is -1.08. The van der Waals surface area contributed by atoms with E-state index in [9.17, 15) is 9.59 Å². The maximum absolute atomic E-state index is 12.0. The molecule has 5 nitrogen and oxygen atoms in total. The number of rotatable bonds is 6. The van der Waals surface area contributed by atoms with Crippen molar-refractivity contribution in [2.24, 2.45) is 16.9 Å². The lowest BCUT2D eigenvalue weighted by Crippen LogP contribution is -2.31. The molecule has 0 spiro atoms. The van der Waals surface area contributed by atoms with Gasteiger partial charge >= 0.3 is 5.97 Å². The topological polar surface area (TPSA) is 67.8 Å². The van der Waals surface area contributed by atoms with Crippen LogP contribution in [0.2, 0.25) is 0 Å². The van der Waals surface area contributed by atoms with Gasteiger partial charge < -0.3 is 4.74 Å². The second kappa shape index (κ2) is 8.68. The molecule has 1 rings (SSSR count). The molecule has 1 amide bonds. The quantitative estimate of drug-likeness (QED) is 0.475. The number of carbonyl (C=O) groups excluding carboxylic acids is 2. The van der Waals surface area contributed by atoms with Gasteiger partial charge in [0.1, 0.15) is 0 Å². The summed E-state index contributed by atoms with van der Waals surface area (Å²) < 4.78 is 5.95. The molecule has 0 saturated heterocycles. The third kappa shape index (κ3) is 5.26. The van der Waals surface area contributed by atoms with E-state index in [2.05, 4.69) is 26.5 Å². The van der Waals surface area contributed by atoms with Crippen molar-refractivity contribution in [1.29, 1.82) is 0 Å². The van der Waals surface area contributed by atoms with E-state index in [0.29, 0.717) is 17.9 Å². The molecule has 0 radical (unpaired) electrons. The Kier molecular flexibility index (Phi) is 7.24. The average molecular weight is 369 g/mol. The molecule has 1 N–H and O–H groups in total. The number of hydrogen-bond donors (Lipinski definition) is 1. The van der Waals surface area contributed by atoms with Crippen LogP contribution in [0.5, 0.6) is 0 Å². The number of esters is 1. The monoisotopic (exact) mass is 368 g/mol. The lowest BCUT2D eigenvalue weighted by Gasteiger charge is -2.18. The van der Waals surface area contributed by atoms with Crippen molar-refractivity contribution in [2.75, 3.05) is 6.61 Å². The standard InChI is InChI=1S/C16H21BrN2O3/c1-5-22-16(21)14(10(2)3)11(4)18-19-15(20)12-6-8-13(17)9-7-12/h6-10,14H,5H2,1-4H3,(H,19,20)/b18-11-/t14-/m1/s1. The second-order valence-corrected chi connectivity index (χ2v) is 6.09. The fourth-order valence-corrected chi connectivity index (χ4v) is 2.30. The van der Waals surface area contributed by atoms with Crippen LogP contribution in [-0.2, 0) is 9.53 Å². The van der Waals surface area contributed by atoms with Crippen molar-refractivity contribution in [3.63, 3.8) is 0 Å². The number of hydrazone groups is 1. The predicted molar refractivity (Wildman–Crippen MR) is 89.7 cm³/mol. The zero-order valence-corrected chi connectivity index (χ0v) is 14.8. The largest absolute Gasteiger partial charge is 0.465 e. The van der Waals surface area contributed by atoms with Crippen LogP contribution in [0.15, 0.2) is 33.8 Å². The van der Waals surface area contributed by atoms with Crippen molar-refractivity contribution in [3.05, 3.63) is 34.3 Å². The number of nitrogens with zero attached hydrogens (tertiary/aromatic N) is 1. The first-order chi connectivity index (χ1) is 10.4. The number of halogens is 1. The molecule has 0 unspecified atom stereocenters. The Morgan fingerprint density at radius 2 is 1.86 bits per heavy atom. The van der Waals surface area contributed by atoms with Gasteiger partial charge in [-0.2, -0.15) is 5.10 Å². The molecular weight excluding hydrogens is 348 g/mol. The molecule has 1 aromatic carbocycles. The highest BCUT2D eigenvalue weighted by atomic mass is 79.9. The highest BCUT2D eigenvalue weighted by molar-refractivity contribution is 9.10. The fourth-order valence-electron chi connectivity index (χ4n) is 2.03. The molecule has 0 aliphatic heterocycles. The van der Waals surface area contributed by atoms with Crippen molar-refractivity contribution < 1.29 is 14.3 Å². The predicted octanol–water partition coefficient (Wildman–Crippen LogP) is 3.39. The first-order valence-corrected chi connectivity index (χ1v) is 7.92. The Hall–Kier alpha value is -1.69. The van der Waals surface area contributed by atoms with Gasteiger partial charge in [0.2, 0.25) is 0 Å². The Morgan fingerprint density at radius 1 is 1.27 bits per heavy atom. The summed E-state index contributed by atoms with van der Waals surface area (Å²) >= 11 is 3.31. The molecular formula is C16H21BrN2O3. The minimum atomic E-state index is -0.467. The maximum atomic E-state index is 12.0. The van der Waals surface area contributed by atoms with Gasteiger partial charge in [-0.3, -0.25) is 9.59 Å². The van der Waals surface area contributed by atoms with E-state index in [1.54, 1.807) is 38.1 Å². The van der Waals surface area contributed by atoms with Gasteiger partial charge in [0.15, 0.2) is 0 Å². The van der Waals surface area contributed by atoms with E-state index in [0.717, 1.165) is 4.47 Å². The third-order valence-electron chi connectivity index (χ3n) is 3.10. The van der Waals surface area contributed by atoms with E-state index in [-0.39, 0.29) is 17.8 Å². The summed E-state index contributed by atoms with van der Waals surface area (Å²) in [5.41, 5.74) is 3.50. The fraction of sp³-hybridized carbons (Fsp3) is 0.438. The van der Waals surface area contributed by atoms with Crippen LogP contribution in [-0.4, -0.2) is 24.2 Å². The molecule has 0 heterocycles. The summed E-state index contributed by atoms with van der Waals surface area (Å²) in [4.78, 5) is 24.0. The molecule has 0 fully saturated rings. The van der Waals surface area contributed by atoms with Gasteiger partial charge in [0.25, 0.3) is 5.91 Å². The van der Waals surface area contributed by atoms with Crippen molar-refractivity contribution in [2.45, 2.75) is 27.7 Å². The molecule has 120 valence electrons. The van der Waals surface area contributed by atoms with Crippen LogP contribution in [0.3, 0.4) is 0 Å².